The maximum absolute atomic E-state index is 9.46. The number of methoxy groups -OCH3 is 2. The Kier molecular flexibility index (Phi) is 7.06. The molecule has 6 nitrogen and oxygen atoms in total. The first-order chi connectivity index (χ1) is 13.2. The van der Waals surface area contributed by atoms with Crippen molar-refractivity contribution >= 4 is 0 Å². The van der Waals surface area contributed by atoms with Crippen molar-refractivity contribution in [1.29, 1.82) is 0 Å². The van der Waals surface area contributed by atoms with Gasteiger partial charge in [0, 0.05) is 13.1 Å². The molecule has 1 heterocycles. The molecule has 2 unspecified atom stereocenters. The second-order valence-corrected chi connectivity index (χ2v) is 6.56. The van der Waals surface area contributed by atoms with Crippen LogP contribution in [0.3, 0.4) is 0 Å². The number of hydrazine groups is 1. The molecule has 0 aliphatic carbocycles. The van der Waals surface area contributed by atoms with Gasteiger partial charge in [0.1, 0.15) is 6.23 Å². The van der Waals surface area contributed by atoms with E-state index in [9.17, 15) is 5.11 Å². The van der Waals surface area contributed by atoms with Crippen LogP contribution in [-0.4, -0.2) is 50.1 Å². The van der Waals surface area contributed by atoms with Gasteiger partial charge in [-0.25, -0.2) is 5.01 Å². The molecule has 2 N–H and O–H groups in total. The Hall–Kier alpha value is -2.12. The Labute approximate surface area is 160 Å². The van der Waals surface area contributed by atoms with Crippen molar-refractivity contribution in [3.05, 3.63) is 59.7 Å². The summed E-state index contributed by atoms with van der Waals surface area (Å²) in [4.78, 5) is 0. The number of aliphatic hydroxyl groups excluding tert-OH is 1. The molecule has 2 aromatic carbocycles. The van der Waals surface area contributed by atoms with Crippen molar-refractivity contribution in [2.75, 3.05) is 33.9 Å². The van der Waals surface area contributed by atoms with Crippen molar-refractivity contribution in [2.45, 2.75) is 25.2 Å². The van der Waals surface area contributed by atoms with E-state index in [-0.39, 0.29) is 18.9 Å². The molecule has 27 heavy (non-hydrogen) atoms. The molecule has 3 rings (SSSR count). The lowest BCUT2D eigenvalue weighted by Gasteiger charge is -2.24. The highest BCUT2D eigenvalue weighted by Gasteiger charge is 2.33. The van der Waals surface area contributed by atoms with E-state index in [1.165, 1.54) is 5.56 Å². The highest BCUT2D eigenvalue weighted by molar-refractivity contribution is 5.42. The van der Waals surface area contributed by atoms with E-state index in [4.69, 9.17) is 14.2 Å². The second-order valence-electron chi connectivity index (χ2n) is 6.56. The number of nitrogens with zero attached hydrogens (tertiary/aromatic N) is 1. The lowest BCUT2D eigenvalue weighted by Crippen LogP contribution is -2.39. The predicted octanol–water partition coefficient (Wildman–Crippen LogP) is 2.53. The van der Waals surface area contributed by atoms with E-state index >= 15 is 0 Å². The molecule has 0 amide bonds. The highest BCUT2D eigenvalue weighted by atomic mass is 16.5. The molecule has 2 atom stereocenters. The average molecular weight is 372 g/mol. The summed E-state index contributed by atoms with van der Waals surface area (Å²) in [6.45, 7) is 1.50. The van der Waals surface area contributed by atoms with Crippen LogP contribution in [0.2, 0.25) is 0 Å². The molecule has 1 saturated heterocycles. The van der Waals surface area contributed by atoms with E-state index in [2.05, 4.69) is 16.5 Å². The number of nitrogens with one attached hydrogen (secondary N) is 1. The molecule has 0 radical (unpaired) electrons. The fraction of sp³-hybridized carbons (Fsp3) is 0.429. The van der Waals surface area contributed by atoms with Crippen LogP contribution >= 0.6 is 0 Å². The lowest BCUT2D eigenvalue weighted by atomic mass is 10.1. The first-order valence-corrected chi connectivity index (χ1v) is 9.27. The molecular formula is C21H28N2O4. The molecule has 6 heteroatoms. The van der Waals surface area contributed by atoms with Crippen molar-refractivity contribution in [3.63, 3.8) is 0 Å². The fourth-order valence-electron chi connectivity index (χ4n) is 3.29. The van der Waals surface area contributed by atoms with Crippen LogP contribution in [-0.2, 0) is 11.2 Å². The van der Waals surface area contributed by atoms with Gasteiger partial charge in [0.05, 0.1) is 26.9 Å². The number of ether oxygens (including phenoxy) is 3. The Morgan fingerprint density at radius 1 is 1.11 bits per heavy atom. The first kappa shape index (κ1) is 19.6. The number of hydrogen-bond donors (Lipinski definition) is 2. The molecule has 1 aliphatic rings. The summed E-state index contributed by atoms with van der Waals surface area (Å²) in [5.74, 6) is 1.50. The van der Waals surface area contributed by atoms with Crippen LogP contribution < -0.4 is 14.9 Å². The minimum absolute atomic E-state index is 0.0210. The molecule has 0 aromatic heterocycles. The number of aryl methyl sites for hydroxylation is 1. The fourth-order valence-corrected chi connectivity index (χ4v) is 3.29. The molecule has 0 bridgehead atoms. The van der Waals surface area contributed by atoms with Crippen LogP contribution in [0.15, 0.2) is 48.5 Å². The first-order valence-electron chi connectivity index (χ1n) is 9.27. The highest BCUT2D eigenvalue weighted by Crippen LogP contribution is 2.29. The number of benzene rings is 2. The van der Waals surface area contributed by atoms with Crippen molar-refractivity contribution in [2.24, 2.45) is 0 Å². The van der Waals surface area contributed by atoms with Gasteiger partial charge >= 0.3 is 0 Å². The largest absolute Gasteiger partial charge is 0.493 e. The van der Waals surface area contributed by atoms with Gasteiger partial charge in [-0.3, -0.25) is 5.43 Å². The van der Waals surface area contributed by atoms with Gasteiger partial charge < -0.3 is 19.3 Å². The molecule has 1 fully saturated rings. The van der Waals surface area contributed by atoms with Crippen LogP contribution in [0.1, 0.15) is 23.8 Å². The quantitative estimate of drug-likeness (QED) is 0.660. The van der Waals surface area contributed by atoms with Crippen molar-refractivity contribution in [3.8, 4) is 11.5 Å². The van der Waals surface area contributed by atoms with E-state index in [0.29, 0.717) is 6.54 Å². The summed E-state index contributed by atoms with van der Waals surface area (Å²) >= 11 is 0. The monoisotopic (exact) mass is 372 g/mol. The molecule has 1 aliphatic heterocycles. The minimum Gasteiger partial charge on any atom is -0.493 e. The Bertz CT molecular complexity index is 711. The number of rotatable bonds is 9. The van der Waals surface area contributed by atoms with Crippen LogP contribution in [0.4, 0.5) is 0 Å². The van der Waals surface area contributed by atoms with E-state index in [0.717, 1.165) is 36.4 Å². The van der Waals surface area contributed by atoms with Gasteiger partial charge in [0.2, 0.25) is 0 Å². The van der Waals surface area contributed by atoms with Crippen LogP contribution in [0, 0.1) is 0 Å². The van der Waals surface area contributed by atoms with Crippen LogP contribution in [0.25, 0.3) is 0 Å². The van der Waals surface area contributed by atoms with E-state index < -0.39 is 0 Å². The van der Waals surface area contributed by atoms with Gasteiger partial charge in [-0.05, 0) is 36.1 Å². The zero-order valence-electron chi connectivity index (χ0n) is 15.9. The Balaban J connectivity index is 1.53. The maximum atomic E-state index is 9.46. The SMILES string of the molecule is COc1ccc(CCCNN2CC(CO)OC2c2ccccc2)cc1OC. The summed E-state index contributed by atoms with van der Waals surface area (Å²) in [5, 5.41) is 11.5. The van der Waals surface area contributed by atoms with Gasteiger partial charge in [0.25, 0.3) is 0 Å². The summed E-state index contributed by atoms with van der Waals surface area (Å²) in [6, 6.07) is 16.1. The third kappa shape index (κ3) is 4.99. The smallest absolute Gasteiger partial charge is 0.160 e. The summed E-state index contributed by atoms with van der Waals surface area (Å²) in [6.07, 6.45) is 1.55. The molecule has 0 saturated carbocycles. The van der Waals surface area contributed by atoms with Crippen molar-refractivity contribution < 1.29 is 19.3 Å². The van der Waals surface area contributed by atoms with Crippen molar-refractivity contribution in [1.82, 2.24) is 10.4 Å². The maximum Gasteiger partial charge on any atom is 0.160 e. The second kappa shape index (κ2) is 9.71. The molecule has 2 aromatic rings. The Morgan fingerprint density at radius 3 is 2.59 bits per heavy atom. The summed E-state index contributed by atoms with van der Waals surface area (Å²) in [5.41, 5.74) is 5.75. The zero-order valence-corrected chi connectivity index (χ0v) is 15.9. The molecule has 0 spiro atoms. The van der Waals surface area contributed by atoms with Gasteiger partial charge in [-0.15, -0.1) is 0 Å². The number of aliphatic hydroxyl groups is 1. The van der Waals surface area contributed by atoms with Gasteiger partial charge in [-0.2, -0.15) is 0 Å². The predicted molar refractivity (Wildman–Crippen MR) is 104 cm³/mol. The van der Waals surface area contributed by atoms with Gasteiger partial charge in [-0.1, -0.05) is 36.4 Å². The van der Waals surface area contributed by atoms with Gasteiger partial charge in [0.15, 0.2) is 11.5 Å². The third-order valence-electron chi connectivity index (χ3n) is 4.70. The topological polar surface area (TPSA) is 63.2 Å². The molecular weight excluding hydrogens is 344 g/mol. The minimum atomic E-state index is -0.176. The summed E-state index contributed by atoms with van der Waals surface area (Å²) in [7, 11) is 3.29. The third-order valence-corrected chi connectivity index (χ3v) is 4.70. The average Bonchev–Trinajstić information content (AvgIpc) is 3.15. The summed E-state index contributed by atoms with van der Waals surface area (Å²) < 4.78 is 16.6. The lowest BCUT2D eigenvalue weighted by molar-refractivity contribution is -0.0333. The standard InChI is InChI=1S/C21H28N2O4/c1-25-19-11-10-16(13-20(19)26-2)7-6-12-22-23-14-18(15-24)27-21(23)17-8-4-3-5-9-17/h3-5,8-11,13,18,21-22,24H,6-7,12,14-15H2,1-2H3. The zero-order chi connectivity index (χ0) is 19.1. The molecule has 146 valence electrons. The van der Waals surface area contributed by atoms with Crippen LogP contribution in [0.5, 0.6) is 11.5 Å². The number of hydrogen-bond acceptors (Lipinski definition) is 6. The van der Waals surface area contributed by atoms with E-state index in [1.807, 2.05) is 42.5 Å². The normalized spacial score (nSPS) is 20.0. The Morgan fingerprint density at radius 2 is 1.89 bits per heavy atom. The van der Waals surface area contributed by atoms with E-state index in [1.54, 1.807) is 14.2 Å².